The average molecular weight is 399 g/mol. The molecule has 6 nitrogen and oxygen atoms in total. The molecule has 1 saturated heterocycles. The first kappa shape index (κ1) is 17.4. The number of thiocarbonyl (C=S) groups is 1. The molecular weight excluding hydrogens is 384 g/mol. The molecule has 0 radical (unpaired) electrons. The number of carbonyl (C=O) groups excluding carboxylic acids is 1. The molecule has 0 aromatic heterocycles. The van der Waals surface area contributed by atoms with E-state index in [9.17, 15) is 9.59 Å². The van der Waals surface area contributed by atoms with Crippen LogP contribution in [0.1, 0.15) is 18.9 Å². The van der Waals surface area contributed by atoms with Crippen molar-refractivity contribution >= 4 is 51.2 Å². The smallest absolute Gasteiger partial charge is 0.341 e. The van der Waals surface area contributed by atoms with Gasteiger partial charge in [-0.15, -0.1) is 0 Å². The minimum Gasteiger partial charge on any atom is -0.481 e. The molecule has 8 heteroatoms. The van der Waals surface area contributed by atoms with Crippen molar-refractivity contribution in [2.24, 2.45) is 0 Å². The van der Waals surface area contributed by atoms with Gasteiger partial charge in [0.2, 0.25) is 0 Å². The number of ether oxygens (including phenoxy) is 1. The van der Waals surface area contributed by atoms with Crippen LogP contribution < -0.4 is 10.1 Å². The number of hydrogen-bond acceptors (Lipinski definition) is 4. The first-order valence-electron chi connectivity index (χ1n) is 6.91. The number of aliphatic carboxylic acids is 1. The lowest BCUT2D eigenvalue weighted by atomic mass is 10.1. The molecule has 1 heterocycles. The van der Waals surface area contributed by atoms with Gasteiger partial charge in [0.25, 0.3) is 5.91 Å². The van der Waals surface area contributed by atoms with Crippen LogP contribution in [0, 0.1) is 0 Å². The Balaban J connectivity index is 2.31. The largest absolute Gasteiger partial charge is 0.481 e. The summed E-state index contributed by atoms with van der Waals surface area (Å²) in [4.78, 5) is 24.5. The number of nitrogens with one attached hydrogen (secondary N) is 1. The van der Waals surface area contributed by atoms with Crippen LogP contribution in [-0.2, 0) is 9.59 Å². The van der Waals surface area contributed by atoms with Gasteiger partial charge in [0.15, 0.2) is 11.7 Å². The van der Waals surface area contributed by atoms with Gasteiger partial charge in [0.05, 0.1) is 0 Å². The van der Waals surface area contributed by atoms with Gasteiger partial charge in [-0.2, -0.15) is 0 Å². The topological polar surface area (TPSA) is 78.9 Å². The van der Waals surface area contributed by atoms with Crippen LogP contribution in [0.4, 0.5) is 0 Å². The highest BCUT2D eigenvalue weighted by Gasteiger charge is 2.29. The highest BCUT2D eigenvalue weighted by Crippen LogP contribution is 2.26. The highest BCUT2D eigenvalue weighted by atomic mass is 79.9. The number of rotatable bonds is 6. The molecular formula is C15H15BrN2O4S. The molecule has 1 aliphatic rings. The Morgan fingerprint density at radius 3 is 2.91 bits per heavy atom. The molecule has 0 bridgehead atoms. The molecule has 122 valence electrons. The van der Waals surface area contributed by atoms with Crippen LogP contribution in [0.5, 0.6) is 5.75 Å². The summed E-state index contributed by atoms with van der Waals surface area (Å²) in [6.45, 7) is 2.05. The van der Waals surface area contributed by atoms with Gasteiger partial charge in [-0.1, -0.05) is 22.9 Å². The van der Waals surface area contributed by atoms with Crippen molar-refractivity contribution in [2.75, 3.05) is 13.2 Å². The van der Waals surface area contributed by atoms with Crippen molar-refractivity contribution in [3.05, 3.63) is 33.9 Å². The van der Waals surface area contributed by atoms with Crippen molar-refractivity contribution in [1.29, 1.82) is 0 Å². The third-order valence-corrected chi connectivity index (χ3v) is 3.85. The Hall–Kier alpha value is -1.93. The van der Waals surface area contributed by atoms with E-state index in [0.29, 0.717) is 28.7 Å². The fraction of sp³-hybridized carbons (Fsp3) is 0.267. The number of benzene rings is 1. The molecule has 1 aliphatic heterocycles. The zero-order chi connectivity index (χ0) is 17.0. The van der Waals surface area contributed by atoms with Crippen LogP contribution in [0.2, 0.25) is 0 Å². The number of halogens is 1. The third-order valence-electron chi connectivity index (χ3n) is 3.03. The molecule has 1 aromatic rings. The summed E-state index contributed by atoms with van der Waals surface area (Å²) in [5.41, 5.74) is 0.916. The number of carbonyl (C=O) groups is 2. The third kappa shape index (κ3) is 4.29. The van der Waals surface area contributed by atoms with Crippen LogP contribution in [0.25, 0.3) is 6.08 Å². The van der Waals surface area contributed by atoms with Crippen LogP contribution in [0.15, 0.2) is 28.4 Å². The van der Waals surface area contributed by atoms with Gasteiger partial charge in [-0.05, 0) is 42.9 Å². The normalized spacial score (nSPS) is 15.9. The summed E-state index contributed by atoms with van der Waals surface area (Å²) in [6, 6.07) is 5.11. The summed E-state index contributed by atoms with van der Waals surface area (Å²) in [5, 5.41) is 12.0. The van der Waals surface area contributed by atoms with Crippen molar-refractivity contribution in [1.82, 2.24) is 10.2 Å². The molecule has 0 unspecified atom stereocenters. The first-order valence-corrected chi connectivity index (χ1v) is 8.11. The van der Waals surface area contributed by atoms with Crippen LogP contribution in [-0.4, -0.2) is 40.1 Å². The van der Waals surface area contributed by atoms with E-state index >= 15 is 0 Å². The molecule has 0 spiro atoms. The fourth-order valence-electron chi connectivity index (χ4n) is 2.06. The van der Waals surface area contributed by atoms with Crippen LogP contribution >= 0.6 is 28.1 Å². The molecule has 2 rings (SSSR count). The predicted molar refractivity (Wildman–Crippen MR) is 93.0 cm³/mol. The lowest BCUT2D eigenvalue weighted by Crippen LogP contribution is -2.31. The van der Waals surface area contributed by atoms with Gasteiger partial charge >= 0.3 is 5.97 Å². The van der Waals surface area contributed by atoms with E-state index in [2.05, 4.69) is 21.2 Å². The monoisotopic (exact) mass is 398 g/mol. The minimum absolute atomic E-state index is 0.207. The summed E-state index contributed by atoms with van der Waals surface area (Å²) in [6.07, 6.45) is 2.40. The van der Waals surface area contributed by atoms with Gasteiger partial charge in [0.1, 0.15) is 11.4 Å². The fourth-order valence-corrected chi connectivity index (χ4v) is 2.72. The van der Waals surface area contributed by atoms with E-state index in [1.165, 1.54) is 4.90 Å². The average Bonchev–Trinajstić information content (AvgIpc) is 2.74. The summed E-state index contributed by atoms with van der Waals surface area (Å²) < 4.78 is 6.03. The second kappa shape index (κ2) is 7.56. The predicted octanol–water partition coefficient (Wildman–Crippen LogP) is 2.38. The molecule has 23 heavy (non-hydrogen) atoms. The molecule has 0 aliphatic carbocycles. The van der Waals surface area contributed by atoms with E-state index in [-0.39, 0.29) is 5.91 Å². The number of carboxylic acids is 1. The number of hydrogen-bond donors (Lipinski definition) is 2. The molecule has 1 amide bonds. The van der Waals surface area contributed by atoms with Gasteiger partial charge in [0, 0.05) is 16.6 Å². The quantitative estimate of drug-likeness (QED) is 0.565. The lowest BCUT2D eigenvalue weighted by Gasteiger charge is -2.11. The van der Waals surface area contributed by atoms with E-state index in [0.717, 1.165) is 10.9 Å². The standard InChI is InChI=1S/C15H15BrN2O4S/c1-2-5-18-14(21)11(17-15(18)23)7-9-6-10(16)3-4-12(9)22-8-13(19)20/h3-4,6-7H,2,5,8H2,1H3,(H,17,23)(H,19,20)/b11-7-. The van der Waals surface area contributed by atoms with E-state index < -0.39 is 12.6 Å². The Labute approximate surface area is 147 Å². The van der Waals surface area contributed by atoms with Crippen LogP contribution in [0.3, 0.4) is 0 Å². The Kier molecular flexibility index (Phi) is 5.73. The van der Waals surface area contributed by atoms with Gasteiger partial charge < -0.3 is 15.2 Å². The van der Waals surface area contributed by atoms with Gasteiger partial charge in [-0.25, -0.2) is 4.79 Å². The Morgan fingerprint density at radius 1 is 1.52 bits per heavy atom. The number of nitrogens with zero attached hydrogens (tertiary/aromatic N) is 1. The second-order valence-corrected chi connectivity index (χ2v) is 6.11. The molecule has 1 aromatic carbocycles. The van der Waals surface area contributed by atoms with Crippen molar-refractivity contribution in [3.8, 4) is 5.75 Å². The zero-order valence-electron chi connectivity index (χ0n) is 12.3. The number of carboxylic acid groups (broad SMARTS) is 1. The van der Waals surface area contributed by atoms with E-state index in [4.69, 9.17) is 22.1 Å². The Bertz CT molecular complexity index is 690. The SMILES string of the molecule is CCCN1C(=O)/C(=C/c2cc(Br)ccc2OCC(=O)O)NC1=S. The second-order valence-electron chi connectivity index (χ2n) is 4.81. The van der Waals surface area contributed by atoms with E-state index in [1.807, 2.05) is 6.92 Å². The maximum Gasteiger partial charge on any atom is 0.341 e. The summed E-state index contributed by atoms with van der Waals surface area (Å²) in [7, 11) is 0. The van der Waals surface area contributed by atoms with Gasteiger partial charge in [-0.3, -0.25) is 9.69 Å². The number of amides is 1. The molecule has 1 fully saturated rings. The molecule has 0 atom stereocenters. The minimum atomic E-state index is -1.07. The summed E-state index contributed by atoms with van der Waals surface area (Å²) >= 11 is 8.50. The van der Waals surface area contributed by atoms with Crippen molar-refractivity contribution in [3.63, 3.8) is 0 Å². The molecule has 2 N–H and O–H groups in total. The highest BCUT2D eigenvalue weighted by molar-refractivity contribution is 9.10. The Morgan fingerprint density at radius 2 is 2.26 bits per heavy atom. The maximum atomic E-state index is 12.3. The van der Waals surface area contributed by atoms with Crippen molar-refractivity contribution in [2.45, 2.75) is 13.3 Å². The van der Waals surface area contributed by atoms with E-state index in [1.54, 1.807) is 24.3 Å². The first-order chi connectivity index (χ1) is 10.9. The summed E-state index contributed by atoms with van der Waals surface area (Å²) in [5.74, 6) is -0.907. The maximum absolute atomic E-state index is 12.3. The molecule has 0 saturated carbocycles. The zero-order valence-corrected chi connectivity index (χ0v) is 14.7. The van der Waals surface area contributed by atoms with Crippen molar-refractivity contribution < 1.29 is 19.4 Å². The lowest BCUT2D eigenvalue weighted by molar-refractivity contribution is -0.139.